The molecule has 0 aliphatic heterocycles. The Morgan fingerprint density at radius 2 is 1.95 bits per heavy atom. The molecule has 1 atom stereocenters. The van der Waals surface area contributed by atoms with Crippen LogP contribution in [0.4, 0.5) is 5.69 Å². The third-order valence-corrected chi connectivity index (χ3v) is 2.96. The lowest BCUT2D eigenvalue weighted by molar-refractivity contribution is 0.102. The lowest BCUT2D eigenvalue weighted by Crippen LogP contribution is -2.23. The highest BCUT2D eigenvalue weighted by Crippen LogP contribution is 2.22. The molecular weight excluding hydrogens is 256 g/mol. The molecule has 1 amide bonds. The van der Waals surface area contributed by atoms with Crippen molar-refractivity contribution in [3.05, 3.63) is 63.6 Å². The molecule has 3 N–H and O–H groups in total. The third-order valence-electron chi connectivity index (χ3n) is 2.96. The van der Waals surface area contributed by atoms with Gasteiger partial charge in [0.05, 0.1) is 6.10 Å². The molecule has 1 unspecified atom stereocenters. The SMILES string of the molecule is Cc1ccc(C(=O)Nc2ccccc2C(C)O)c(=O)[nH]1. The average Bonchev–Trinajstić information content (AvgIpc) is 2.38. The number of rotatable bonds is 3. The normalized spacial score (nSPS) is 11.9. The predicted octanol–water partition coefficient (Wildman–Crippen LogP) is 1.99. The van der Waals surface area contributed by atoms with Crippen LogP contribution in [0.15, 0.2) is 41.2 Å². The van der Waals surface area contributed by atoms with Gasteiger partial charge >= 0.3 is 0 Å². The van der Waals surface area contributed by atoms with Crippen LogP contribution in [0.2, 0.25) is 0 Å². The minimum Gasteiger partial charge on any atom is -0.389 e. The van der Waals surface area contributed by atoms with Crippen molar-refractivity contribution in [3.63, 3.8) is 0 Å². The molecule has 1 heterocycles. The van der Waals surface area contributed by atoms with Gasteiger partial charge in [-0.05, 0) is 32.0 Å². The standard InChI is InChI=1S/C15H16N2O3/c1-9-7-8-12(14(19)16-9)15(20)17-13-6-4-3-5-11(13)10(2)18/h3-8,10,18H,1-2H3,(H,16,19)(H,17,20). The van der Waals surface area contributed by atoms with Crippen LogP contribution in [0.3, 0.4) is 0 Å². The highest BCUT2D eigenvalue weighted by atomic mass is 16.3. The molecule has 0 saturated heterocycles. The smallest absolute Gasteiger partial charge is 0.261 e. The number of aromatic amines is 1. The maximum absolute atomic E-state index is 12.1. The van der Waals surface area contributed by atoms with Crippen molar-refractivity contribution in [1.82, 2.24) is 4.98 Å². The Bertz CT molecular complexity index is 690. The number of para-hydroxylation sites is 1. The second kappa shape index (κ2) is 5.71. The van der Waals surface area contributed by atoms with E-state index in [1.807, 2.05) is 0 Å². The number of hydrogen-bond acceptors (Lipinski definition) is 3. The molecule has 0 spiro atoms. The van der Waals surface area contributed by atoms with Crippen LogP contribution in [0.5, 0.6) is 0 Å². The molecule has 0 aliphatic rings. The fourth-order valence-corrected chi connectivity index (χ4v) is 1.92. The number of aliphatic hydroxyl groups is 1. The first-order valence-corrected chi connectivity index (χ1v) is 6.27. The van der Waals surface area contributed by atoms with Crippen molar-refractivity contribution in [2.24, 2.45) is 0 Å². The number of carbonyl (C=O) groups is 1. The molecule has 0 aliphatic carbocycles. The number of anilines is 1. The molecule has 1 aromatic heterocycles. The van der Waals surface area contributed by atoms with E-state index in [1.54, 1.807) is 44.2 Å². The number of hydrogen-bond donors (Lipinski definition) is 3. The van der Waals surface area contributed by atoms with Gasteiger partial charge < -0.3 is 15.4 Å². The van der Waals surface area contributed by atoms with Gasteiger partial charge in [0.25, 0.3) is 11.5 Å². The molecule has 1 aromatic carbocycles. The van der Waals surface area contributed by atoms with E-state index in [0.717, 1.165) is 0 Å². The van der Waals surface area contributed by atoms with Crippen molar-refractivity contribution < 1.29 is 9.90 Å². The fourth-order valence-electron chi connectivity index (χ4n) is 1.92. The second-order valence-electron chi connectivity index (χ2n) is 4.60. The Morgan fingerprint density at radius 3 is 2.60 bits per heavy atom. The van der Waals surface area contributed by atoms with Crippen molar-refractivity contribution in [2.75, 3.05) is 5.32 Å². The summed E-state index contributed by atoms with van der Waals surface area (Å²) >= 11 is 0. The third kappa shape index (κ3) is 2.95. The van der Waals surface area contributed by atoms with E-state index in [9.17, 15) is 14.7 Å². The van der Waals surface area contributed by atoms with Crippen molar-refractivity contribution in [3.8, 4) is 0 Å². The van der Waals surface area contributed by atoms with Crippen LogP contribution in [0.1, 0.15) is 34.6 Å². The summed E-state index contributed by atoms with van der Waals surface area (Å²) < 4.78 is 0. The summed E-state index contributed by atoms with van der Waals surface area (Å²) in [6.45, 7) is 3.36. The second-order valence-corrected chi connectivity index (χ2v) is 4.60. The Hall–Kier alpha value is -2.40. The lowest BCUT2D eigenvalue weighted by Gasteiger charge is -2.12. The first kappa shape index (κ1) is 14.0. The molecule has 5 heteroatoms. The topological polar surface area (TPSA) is 82.2 Å². The van der Waals surface area contributed by atoms with Gasteiger partial charge in [0.2, 0.25) is 0 Å². The number of aryl methyl sites for hydroxylation is 1. The van der Waals surface area contributed by atoms with E-state index in [2.05, 4.69) is 10.3 Å². The van der Waals surface area contributed by atoms with Gasteiger partial charge in [-0.25, -0.2) is 0 Å². The van der Waals surface area contributed by atoms with Gasteiger partial charge in [-0.15, -0.1) is 0 Å². The van der Waals surface area contributed by atoms with Crippen molar-refractivity contribution in [2.45, 2.75) is 20.0 Å². The molecule has 0 fully saturated rings. The van der Waals surface area contributed by atoms with Gasteiger partial charge in [-0.3, -0.25) is 9.59 Å². The first-order chi connectivity index (χ1) is 9.49. The van der Waals surface area contributed by atoms with E-state index < -0.39 is 17.6 Å². The maximum atomic E-state index is 12.1. The van der Waals surface area contributed by atoms with Gasteiger partial charge in [0.15, 0.2) is 0 Å². The molecule has 2 rings (SSSR count). The minimum atomic E-state index is -0.706. The van der Waals surface area contributed by atoms with E-state index in [-0.39, 0.29) is 5.56 Å². The molecule has 2 aromatic rings. The molecule has 20 heavy (non-hydrogen) atoms. The lowest BCUT2D eigenvalue weighted by atomic mass is 10.1. The monoisotopic (exact) mass is 272 g/mol. The zero-order chi connectivity index (χ0) is 14.7. The number of H-pyrrole nitrogens is 1. The van der Waals surface area contributed by atoms with Gasteiger partial charge in [-0.1, -0.05) is 18.2 Å². The van der Waals surface area contributed by atoms with Crippen LogP contribution in [0, 0.1) is 6.92 Å². The molecule has 0 radical (unpaired) electrons. The summed E-state index contributed by atoms with van der Waals surface area (Å²) in [5.74, 6) is -0.501. The number of aromatic nitrogens is 1. The summed E-state index contributed by atoms with van der Waals surface area (Å²) in [6.07, 6.45) is -0.706. The Kier molecular flexibility index (Phi) is 4.00. The van der Waals surface area contributed by atoms with Crippen LogP contribution in [-0.4, -0.2) is 16.0 Å². The molecule has 104 valence electrons. The van der Waals surface area contributed by atoms with Gasteiger partial charge in [0, 0.05) is 16.9 Å². The number of aliphatic hydroxyl groups excluding tert-OH is 1. The largest absolute Gasteiger partial charge is 0.389 e. The van der Waals surface area contributed by atoms with E-state index in [0.29, 0.717) is 16.9 Å². The van der Waals surface area contributed by atoms with Crippen LogP contribution in [0.25, 0.3) is 0 Å². The molecule has 0 saturated carbocycles. The number of benzene rings is 1. The zero-order valence-corrected chi connectivity index (χ0v) is 11.3. The van der Waals surface area contributed by atoms with Crippen molar-refractivity contribution >= 4 is 11.6 Å². The average molecular weight is 272 g/mol. The molecule has 0 bridgehead atoms. The number of pyridine rings is 1. The summed E-state index contributed by atoms with van der Waals surface area (Å²) in [7, 11) is 0. The van der Waals surface area contributed by atoms with E-state index in [1.165, 1.54) is 6.07 Å². The van der Waals surface area contributed by atoms with Crippen molar-refractivity contribution in [1.29, 1.82) is 0 Å². The summed E-state index contributed by atoms with van der Waals surface area (Å²) in [4.78, 5) is 26.4. The first-order valence-electron chi connectivity index (χ1n) is 6.27. The quantitative estimate of drug-likeness (QED) is 0.799. The maximum Gasteiger partial charge on any atom is 0.261 e. The van der Waals surface area contributed by atoms with E-state index >= 15 is 0 Å². The van der Waals surface area contributed by atoms with Gasteiger partial charge in [-0.2, -0.15) is 0 Å². The number of nitrogens with one attached hydrogen (secondary N) is 2. The molecular formula is C15H16N2O3. The Morgan fingerprint density at radius 1 is 1.25 bits per heavy atom. The Balaban J connectivity index is 2.31. The van der Waals surface area contributed by atoms with E-state index in [4.69, 9.17) is 0 Å². The zero-order valence-electron chi connectivity index (χ0n) is 11.3. The highest BCUT2D eigenvalue weighted by Gasteiger charge is 2.14. The van der Waals surface area contributed by atoms with Crippen LogP contribution >= 0.6 is 0 Å². The van der Waals surface area contributed by atoms with Crippen LogP contribution < -0.4 is 10.9 Å². The Labute approximate surface area is 116 Å². The summed E-state index contributed by atoms with van der Waals surface area (Å²) in [6, 6.07) is 10.1. The number of carbonyl (C=O) groups excluding carboxylic acids is 1. The minimum absolute atomic E-state index is 0.0380. The van der Waals surface area contributed by atoms with Crippen LogP contribution in [-0.2, 0) is 0 Å². The predicted molar refractivity (Wildman–Crippen MR) is 76.8 cm³/mol. The molecule has 5 nitrogen and oxygen atoms in total. The summed E-state index contributed by atoms with van der Waals surface area (Å²) in [5, 5.41) is 12.3. The number of amides is 1. The highest BCUT2D eigenvalue weighted by molar-refractivity contribution is 6.04. The van der Waals surface area contributed by atoms with Gasteiger partial charge in [0.1, 0.15) is 5.56 Å². The fraction of sp³-hybridized carbons (Fsp3) is 0.200. The summed E-state index contributed by atoms with van der Waals surface area (Å²) in [5.41, 5.74) is 1.39.